The van der Waals surface area contributed by atoms with Crippen LogP contribution in [0.25, 0.3) is 0 Å². The number of aliphatic hydroxyl groups is 1. The molecule has 0 aromatic rings. The van der Waals surface area contributed by atoms with E-state index in [2.05, 4.69) is 0 Å². The summed E-state index contributed by atoms with van der Waals surface area (Å²) in [6.07, 6.45) is 0. The van der Waals surface area contributed by atoms with Crippen LogP contribution in [0.2, 0.25) is 0 Å². The molecule has 0 aliphatic rings. The van der Waals surface area contributed by atoms with Crippen molar-refractivity contribution in [1.29, 1.82) is 0 Å². The highest BCUT2D eigenvalue weighted by atomic mass is 32.2. The molecule has 1 atom stereocenters. The normalized spacial score (nSPS) is 15.4. The molecule has 0 aliphatic heterocycles. The van der Waals surface area contributed by atoms with Gasteiger partial charge in [-0.05, 0) is 5.92 Å². The smallest absolute Gasteiger partial charge is 0.265 e. The molecular formula is C4H10O4S. The molecule has 0 amide bonds. The monoisotopic (exact) mass is 154 g/mol. The predicted molar refractivity (Wildman–Crippen MR) is 32.7 cm³/mol. The topological polar surface area (TPSA) is 74.6 Å². The van der Waals surface area contributed by atoms with E-state index in [-0.39, 0.29) is 18.3 Å². The molecule has 0 bridgehead atoms. The summed E-state index contributed by atoms with van der Waals surface area (Å²) in [5, 5.41) is 8.32. The molecule has 0 saturated heterocycles. The van der Waals surface area contributed by atoms with Crippen LogP contribution in [-0.4, -0.2) is 30.4 Å². The Morgan fingerprint density at radius 1 is 1.56 bits per heavy atom. The van der Waals surface area contributed by atoms with Gasteiger partial charge in [0.1, 0.15) is 0 Å². The van der Waals surface area contributed by atoms with Crippen molar-refractivity contribution in [3.63, 3.8) is 0 Å². The van der Waals surface area contributed by atoms with Crippen LogP contribution in [0.5, 0.6) is 0 Å². The Morgan fingerprint density at radius 2 is 2.00 bits per heavy atom. The molecule has 0 heterocycles. The molecule has 5 heteroatoms. The van der Waals surface area contributed by atoms with Crippen molar-refractivity contribution in [2.24, 2.45) is 5.92 Å². The molecule has 0 rings (SSSR count). The molecule has 0 aromatic heterocycles. The second kappa shape index (κ2) is 3.14. The second-order valence-corrected chi connectivity index (χ2v) is 3.53. The van der Waals surface area contributed by atoms with Gasteiger partial charge in [0.05, 0.1) is 5.75 Å². The standard InChI is InChI=1S/C4H10O4S/c1-4(2-5)3-9(6,7)8/h4-5H,2-3H2,1H3,(H,6,7,8). The zero-order valence-corrected chi connectivity index (χ0v) is 5.93. The average Bonchev–Trinajstić information content (AvgIpc) is 1.62. The van der Waals surface area contributed by atoms with Crippen molar-refractivity contribution in [2.45, 2.75) is 6.92 Å². The average molecular weight is 154 g/mol. The lowest BCUT2D eigenvalue weighted by molar-refractivity contribution is 0.247. The summed E-state index contributed by atoms with van der Waals surface area (Å²) >= 11 is 0. The van der Waals surface area contributed by atoms with Crippen LogP contribution in [0.4, 0.5) is 0 Å². The van der Waals surface area contributed by atoms with Gasteiger partial charge in [0.2, 0.25) is 0 Å². The van der Waals surface area contributed by atoms with E-state index in [4.69, 9.17) is 9.66 Å². The van der Waals surface area contributed by atoms with E-state index in [1.807, 2.05) is 0 Å². The highest BCUT2D eigenvalue weighted by Crippen LogP contribution is 1.96. The fourth-order valence-corrected chi connectivity index (χ4v) is 1.24. The van der Waals surface area contributed by atoms with Gasteiger partial charge in [-0.3, -0.25) is 4.55 Å². The number of hydrogen-bond donors (Lipinski definition) is 2. The Kier molecular flexibility index (Phi) is 3.10. The Hall–Kier alpha value is -0.130. The summed E-state index contributed by atoms with van der Waals surface area (Å²) in [6.45, 7) is 1.31. The van der Waals surface area contributed by atoms with Gasteiger partial charge in [-0.2, -0.15) is 8.42 Å². The Balaban J connectivity index is 3.75. The minimum absolute atomic E-state index is 0.222. The van der Waals surface area contributed by atoms with Crippen molar-refractivity contribution in [3.8, 4) is 0 Å². The van der Waals surface area contributed by atoms with Crippen molar-refractivity contribution in [1.82, 2.24) is 0 Å². The zero-order valence-electron chi connectivity index (χ0n) is 5.11. The van der Waals surface area contributed by atoms with Gasteiger partial charge in [0.25, 0.3) is 10.1 Å². The molecule has 56 valence electrons. The van der Waals surface area contributed by atoms with E-state index < -0.39 is 10.1 Å². The third kappa shape index (κ3) is 5.75. The number of hydrogen-bond acceptors (Lipinski definition) is 3. The SMILES string of the molecule is CC(CO)CS(=O)(=O)O. The highest BCUT2D eigenvalue weighted by molar-refractivity contribution is 7.85. The minimum atomic E-state index is -3.90. The fourth-order valence-electron chi connectivity index (χ4n) is 0.412. The lowest BCUT2D eigenvalue weighted by Crippen LogP contribution is -2.15. The van der Waals surface area contributed by atoms with E-state index in [0.29, 0.717) is 0 Å². The van der Waals surface area contributed by atoms with E-state index in [9.17, 15) is 8.42 Å². The first-order valence-electron chi connectivity index (χ1n) is 2.51. The van der Waals surface area contributed by atoms with Crippen LogP contribution >= 0.6 is 0 Å². The van der Waals surface area contributed by atoms with Crippen LogP contribution in [-0.2, 0) is 10.1 Å². The van der Waals surface area contributed by atoms with Crippen molar-refractivity contribution < 1.29 is 18.1 Å². The van der Waals surface area contributed by atoms with Crippen LogP contribution in [0.15, 0.2) is 0 Å². The molecule has 0 saturated carbocycles. The fraction of sp³-hybridized carbons (Fsp3) is 1.00. The number of rotatable bonds is 3. The maximum atomic E-state index is 10.0. The summed E-state index contributed by atoms with van der Waals surface area (Å²) in [4.78, 5) is 0. The van der Waals surface area contributed by atoms with Gasteiger partial charge in [-0.25, -0.2) is 0 Å². The lowest BCUT2D eigenvalue weighted by atomic mass is 10.2. The maximum absolute atomic E-state index is 10.0. The van der Waals surface area contributed by atoms with E-state index in [0.717, 1.165) is 0 Å². The Morgan fingerprint density at radius 3 is 2.11 bits per heavy atom. The summed E-state index contributed by atoms with van der Waals surface area (Å²) < 4.78 is 28.3. The van der Waals surface area contributed by atoms with Crippen LogP contribution in [0.1, 0.15) is 6.92 Å². The number of aliphatic hydroxyl groups excluding tert-OH is 1. The van der Waals surface area contributed by atoms with E-state index in [1.54, 1.807) is 0 Å². The van der Waals surface area contributed by atoms with Crippen molar-refractivity contribution in [2.75, 3.05) is 12.4 Å². The first-order valence-corrected chi connectivity index (χ1v) is 4.12. The van der Waals surface area contributed by atoms with Crippen molar-refractivity contribution in [3.05, 3.63) is 0 Å². The van der Waals surface area contributed by atoms with Crippen molar-refractivity contribution >= 4 is 10.1 Å². The first kappa shape index (κ1) is 8.87. The van der Waals surface area contributed by atoms with E-state index in [1.165, 1.54) is 6.92 Å². The van der Waals surface area contributed by atoms with Crippen LogP contribution < -0.4 is 0 Å². The van der Waals surface area contributed by atoms with Gasteiger partial charge in [0, 0.05) is 6.61 Å². The quantitative estimate of drug-likeness (QED) is 0.537. The summed E-state index contributed by atoms with van der Waals surface area (Å²) in [5.41, 5.74) is 0. The Bertz CT molecular complexity index is 159. The molecule has 0 aromatic carbocycles. The maximum Gasteiger partial charge on any atom is 0.265 e. The molecule has 9 heavy (non-hydrogen) atoms. The highest BCUT2D eigenvalue weighted by Gasteiger charge is 2.10. The van der Waals surface area contributed by atoms with Gasteiger partial charge < -0.3 is 5.11 Å². The largest absolute Gasteiger partial charge is 0.396 e. The van der Waals surface area contributed by atoms with Crippen LogP contribution in [0, 0.1) is 5.92 Å². The summed E-state index contributed by atoms with van der Waals surface area (Å²) in [5.74, 6) is -0.760. The third-order valence-corrected chi connectivity index (χ3v) is 1.80. The van der Waals surface area contributed by atoms with Gasteiger partial charge in [0.15, 0.2) is 0 Å². The predicted octanol–water partition coefficient (Wildman–Crippen LogP) is -0.497. The zero-order chi connectivity index (χ0) is 7.49. The molecular weight excluding hydrogens is 144 g/mol. The molecule has 2 N–H and O–H groups in total. The molecule has 1 unspecified atom stereocenters. The second-order valence-electron chi connectivity index (χ2n) is 2.04. The summed E-state index contributed by atoms with van der Waals surface area (Å²) in [6, 6.07) is 0. The molecule has 0 spiro atoms. The molecule has 4 nitrogen and oxygen atoms in total. The Labute approximate surface area is 54.3 Å². The van der Waals surface area contributed by atoms with Gasteiger partial charge in [-0.1, -0.05) is 6.92 Å². The third-order valence-electron chi connectivity index (χ3n) is 0.807. The first-order chi connectivity index (χ1) is 3.95. The lowest BCUT2D eigenvalue weighted by Gasteiger charge is -2.02. The van der Waals surface area contributed by atoms with Gasteiger partial charge >= 0.3 is 0 Å². The minimum Gasteiger partial charge on any atom is -0.396 e. The van der Waals surface area contributed by atoms with E-state index >= 15 is 0 Å². The van der Waals surface area contributed by atoms with Gasteiger partial charge in [-0.15, -0.1) is 0 Å². The molecule has 0 radical (unpaired) electrons. The van der Waals surface area contributed by atoms with Crippen LogP contribution in [0.3, 0.4) is 0 Å². The molecule has 0 fully saturated rings. The summed E-state index contributed by atoms with van der Waals surface area (Å²) in [7, 11) is -3.90. The molecule has 0 aliphatic carbocycles.